The summed E-state index contributed by atoms with van der Waals surface area (Å²) in [6.07, 6.45) is 0.764. The second kappa shape index (κ2) is 10.3. The summed E-state index contributed by atoms with van der Waals surface area (Å²) < 4.78 is 33.4. The van der Waals surface area contributed by atoms with Crippen LogP contribution in [0, 0.1) is 27.7 Å². The molecule has 1 aliphatic heterocycles. The molecule has 3 aromatic rings. The van der Waals surface area contributed by atoms with Crippen LogP contribution in [0.2, 0.25) is 19.6 Å². The minimum absolute atomic E-state index is 0.0332. The number of amides is 1. The molecule has 0 N–H and O–H groups in total. The number of carbonyl (C=O) groups excluding carboxylic acids is 1. The van der Waals surface area contributed by atoms with Crippen LogP contribution in [0.15, 0.2) is 72.8 Å². The van der Waals surface area contributed by atoms with Crippen molar-refractivity contribution in [2.45, 2.75) is 44.6 Å². The molecule has 1 aliphatic rings. The number of nitrogens with zero attached hydrogens (tertiary/aromatic N) is 2. The maximum absolute atomic E-state index is 13.5. The second-order valence-corrected chi connectivity index (χ2v) is 14.4. The highest BCUT2D eigenvalue weighted by molar-refractivity contribution is 6.69. The monoisotopic (exact) mass is 510 g/mol. The van der Waals surface area contributed by atoms with Gasteiger partial charge in [-0.05, 0) is 80.0 Å². The highest BCUT2D eigenvalue weighted by atomic mass is 28.4. The SMILES string of the molecule is C[Si](C)(C)O[C@@H](CC[C@H]1C(=O)N(c2ccc(F)cc2)[C@@H]1c1ccc([N+](=O)[O-])cc1)c1ccc(F)cc1. The van der Waals surface area contributed by atoms with Crippen molar-refractivity contribution in [1.82, 2.24) is 0 Å². The van der Waals surface area contributed by atoms with Crippen LogP contribution in [-0.2, 0) is 9.22 Å². The Morgan fingerprint density at radius 2 is 1.50 bits per heavy atom. The lowest BCUT2D eigenvalue weighted by Crippen LogP contribution is -2.55. The van der Waals surface area contributed by atoms with Gasteiger partial charge in [-0.15, -0.1) is 0 Å². The van der Waals surface area contributed by atoms with Gasteiger partial charge in [0.2, 0.25) is 5.91 Å². The zero-order valence-corrected chi connectivity index (χ0v) is 21.4. The van der Waals surface area contributed by atoms with Crippen LogP contribution >= 0.6 is 0 Å². The van der Waals surface area contributed by atoms with E-state index in [1.165, 1.54) is 36.4 Å². The summed E-state index contributed by atoms with van der Waals surface area (Å²) in [4.78, 5) is 25.6. The van der Waals surface area contributed by atoms with Gasteiger partial charge < -0.3 is 9.33 Å². The molecule has 36 heavy (non-hydrogen) atoms. The van der Waals surface area contributed by atoms with Gasteiger partial charge in [-0.2, -0.15) is 0 Å². The molecule has 1 amide bonds. The van der Waals surface area contributed by atoms with Crippen LogP contribution in [0.5, 0.6) is 0 Å². The number of β-lactam (4-membered cyclic amide) rings is 1. The second-order valence-electron chi connectivity index (χ2n) is 9.93. The van der Waals surface area contributed by atoms with Crippen LogP contribution in [0.25, 0.3) is 0 Å². The van der Waals surface area contributed by atoms with Gasteiger partial charge in [-0.1, -0.05) is 24.3 Å². The quantitative estimate of drug-likeness (QED) is 0.135. The summed E-state index contributed by atoms with van der Waals surface area (Å²) in [7, 11) is -1.96. The van der Waals surface area contributed by atoms with Crippen molar-refractivity contribution in [2.75, 3.05) is 4.90 Å². The van der Waals surface area contributed by atoms with Crippen molar-refractivity contribution in [2.24, 2.45) is 5.92 Å². The van der Waals surface area contributed by atoms with E-state index < -0.39 is 19.1 Å². The Labute approximate surface area is 209 Å². The molecule has 0 bridgehead atoms. The third-order valence-corrected chi connectivity index (χ3v) is 7.23. The summed E-state index contributed by atoms with van der Waals surface area (Å²) in [5.41, 5.74) is 2.15. The predicted octanol–water partition coefficient (Wildman–Crippen LogP) is 6.95. The van der Waals surface area contributed by atoms with Gasteiger partial charge in [0.15, 0.2) is 8.32 Å². The Hall–Kier alpha value is -3.43. The number of non-ortho nitro benzene ring substituents is 1. The molecular weight excluding hydrogens is 482 g/mol. The molecule has 9 heteroatoms. The van der Waals surface area contributed by atoms with Crippen LogP contribution < -0.4 is 4.90 Å². The minimum atomic E-state index is -1.96. The number of nitro groups is 1. The van der Waals surface area contributed by atoms with Crippen LogP contribution in [0.1, 0.15) is 36.1 Å². The van der Waals surface area contributed by atoms with Gasteiger partial charge in [-0.25, -0.2) is 8.78 Å². The van der Waals surface area contributed by atoms with Crippen LogP contribution in [0.4, 0.5) is 20.2 Å². The Morgan fingerprint density at radius 1 is 0.944 bits per heavy atom. The van der Waals surface area contributed by atoms with Gasteiger partial charge in [0.05, 0.1) is 23.0 Å². The number of benzene rings is 3. The normalized spacial score (nSPS) is 18.6. The van der Waals surface area contributed by atoms with Gasteiger partial charge >= 0.3 is 0 Å². The fourth-order valence-corrected chi connectivity index (χ4v) is 5.73. The lowest BCUT2D eigenvalue weighted by Gasteiger charge is -2.48. The van der Waals surface area contributed by atoms with E-state index in [1.807, 2.05) is 0 Å². The molecule has 6 nitrogen and oxygen atoms in total. The zero-order chi connectivity index (χ0) is 26.0. The Bertz CT molecular complexity index is 1230. The third kappa shape index (κ3) is 5.68. The van der Waals surface area contributed by atoms with Gasteiger partial charge in [0.25, 0.3) is 5.69 Å². The topological polar surface area (TPSA) is 72.7 Å². The number of nitro benzene ring substituents is 1. The largest absolute Gasteiger partial charge is 0.411 e. The number of rotatable bonds is 9. The highest BCUT2D eigenvalue weighted by Crippen LogP contribution is 2.47. The summed E-state index contributed by atoms with van der Waals surface area (Å²) in [6, 6.07) is 17.7. The van der Waals surface area contributed by atoms with Gasteiger partial charge in [0, 0.05) is 17.8 Å². The molecular formula is C27H28F2N2O4Si. The van der Waals surface area contributed by atoms with E-state index in [-0.39, 0.29) is 35.5 Å². The molecule has 188 valence electrons. The average molecular weight is 511 g/mol. The van der Waals surface area contributed by atoms with E-state index in [1.54, 1.807) is 41.3 Å². The molecule has 0 aliphatic carbocycles. The first-order valence-corrected chi connectivity index (χ1v) is 15.2. The first-order valence-electron chi connectivity index (χ1n) is 11.8. The molecule has 0 saturated carbocycles. The molecule has 1 heterocycles. The lowest BCUT2D eigenvalue weighted by molar-refractivity contribution is -0.384. The predicted molar refractivity (Wildman–Crippen MR) is 136 cm³/mol. The molecule has 0 aromatic heterocycles. The number of anilines is 1. The van der Waals surface area contributed by atoms with E-state index >= 15 is 0 Å². The lowest BCUT2D eigenvalue weighted by atomic mass is 9.78. The van der Waals surface area contributed by atoms with Crippen LogP contribution in [-0.4, -0.2) is 19.1 Å². The zero-order valence-electron chi connectivity index (χ0n) is 20.4. The fourth-order valence-electron chi connectivity index (χ4n) is 4.62. The summed E-state index contributed by atoms with van der Waals surface area (Å²) >= 11 is 0. The number of carbonyl (C=O) groups is 1. The van der Waals surface area contributed by atoms with E-state index in [2.05, 4.69) is 19.6 Å². The molecule has 1 saturated heterocycles. The molecule has 0 radical (unpaired) electrons. The molecule has 3 aromatic carbocycles. The number of halogens is 2. The van der Waals surface area contributed by atoms with Gasteiger partial charge in [-0.3, -0.25) is 14.9 Å². The van der Waals surface area contributed by atoms with Crippen molar-refractivity contribution in [3.8, 4) is 0 Å². The fraction of sp³-hybridized carbons (Fsp3) is 0.296. The molecule has 4 rings (SSSR count). The van der Waals surface area contributed by atoms with Crippen molar-refractivity contribution >= 4 is 25.6 Å². The summed E-state index contributed by atoms with van der Waals surface area (Å²) in [5.74, 6) is -1.21. The first-order chi connectivity index (χ1) is 17.0. The van der Waals surface area contributed by atoms with E-state index in [9.17, 15) is 23.7 Å². The number of hydrogen-bond donors (Lipinski definition) is 0. The molecule has 0 unspecified atom stereocenters. The third-order valence-electron chi connectivity index (χ3n) is 6.24. The summed E-state index contributed by atoms with van der Waals surface area (Å²) in [5, 5.41) is 11.1. The molecule has 0 spiro atoms. The minimum Gasteiger partial charge on any atom is -0.411 e. The van der Waals surface area contributed by atoms with E-state index in [0.717, 1.165) is 11.1 Å². The van der Waals surface area contributed by atoms with E-state index in [4.69, 9.17) is 4.43 Å². The summed E-state index contributed by atoms with van der Waals surface area (Å²) in [6.45, 7) is 6.23. The average Bonchev–Trinajstić information content (AvgIpc) is 2.83. The van der Waals surface area contributed by atoms with Crippen molar-refractivity contribution in [3.63, 3.8) is 0 Å². The van der Waals surface area contributed by atoms with Crippen molar-refractivity contribution in [1.29, 1.82) is 0 Å². The smallest absolute Gasteiger partial charge is 0.269 e. The van der Waals surface area contributed by atoms with E-state index in [0.29, 0.717) is 18.5 Å². The van der Waals surface area contributed by atoms with Crippen molar-refractivity contribution < 1.29 is 22.9 Å². The highest BCUT2D eigenvalue weighted by Gasteiger charge is 2.48. The Kier molecular flexibility index (Phi) is 7.32. The van der Waals surface area contributed by atoms with Crippen molar-refractivity contribution in [3.05, 3.63) is 106 Å². The maximum atomic E-state index is 13.5. The van der Waals surface area contributed by atoms with Crippen LogP contribution in [0.3, 0.4) is 0 Å². The number of hydrogen-bond acceptors (Lipinski definition) is 4. The maximum Gasteiger partial charge on any atom is 0.269 e. The molecule has 3 atom stereocenters. The standard InChI is InChI=1S/C27H28F2N2O4Si/c1-36(2,3)35-25(18-4-8-20(28)9-5-18)17-16-24-26(19-6-12-23(13-7-19)31(33)34)30(27(24)32)22-14-10-21(29)11-15-22/h4-15,24-26H,16-17H2,1-3H3/t24-,25+,26-/m1/s1. The Balaban J connectivity index is 1.61. The Morgan fingerprint density at radius 3 is 2.03 bits per heavy atom. The molecule has 1 fully saturated rings. The van der Waals surface area contributed by atoms with Gasteiger partial charge in [0.1, 0.15) is 11.6 Å². The first kappa shape index (κ1) is 25.7.